The highest BCUT2D eigenvalue weighted by atomic mass is 32.2. The van der Waals surface area contributed by atoms with E-state index in [-0.39, 0.29) is 11.1 Å². The van der Waals surface area contributed by atoms with Crippen LogP contribution in [0.3, 0.4) is 0 Å². The Balaban J connectivity index is 1.60. The van der Waals surface area contributed by atoms with Crippen molar-refractivity contribution in [2.45, 2.75) is 32.0 Å². The number of anilines is 1. The number of hydrogen-bond acceptors (Lipinski definition) is 2. The Morgan fingerprint density at radius 1 is 0.875 bits per heavy atom. The lowest BCUT2D eigenvalue weighted by Crippen LogP contribution is -2.32. The van der Waals surface area contributed by atoms with Gasteiger partial charge in [-0.3, -0.25) is 0 Å². The van der Waals surface area contributed by atoms with Crippen LogP contribution in [-0.2, 0) is 12.6 Å². The van der Waals surface area contributed by atoms with E-state index in [1.165, 1.54) is 11.6 Å². The van der Waals surface area contributed by atoms with Crippen LogP contribution in [0.1, 0.15) is 30.5 Å². The maximum absolute atomic E-state index is 13.6. The van der Waals surface area contributed by atoms with Crippen LogP contribution in [0.4, 0.5) is 18.9 Å². The van der Waals surface area contributed by atoms with Gasteiger partial charge >= 0.3 is 6.18 Å². The largest absolute Gasteiger partial charge is 0.417 e. The number of aryl methyl sites for hydroxylation is 1. The maximum Gasteiger partial charge on any atom is 0.417 e. The summed E-state index contributed by atoms with van der Waals surface area (Å²) in [5, 5.41) is 3.50. The SMILES string of the molecule is CC1(C)C=C(CSCCc2ccccc2)c2cc(-c3ccccc3C(F)(F)F)ccc2N1. The smallest absolute Gasteiger partial charge is 0.376 e. The van der Waals surface area contributed by atoms with E-state index in [0.717, 1.165) is 40.8 Å². The molecule has 3 aromatic carbocycles. The first-order valence-electron chi connectivity index (χ1n) is 10.7. The zero-order valence-corrected chi connectivity index (χ0v) is 19.0. The molecule has 0 radical (unpaired) electrons. The zero-order chi connectivity index (χ0) is 22.8. The van der Waals surface area contributed by atoms with E-state index >= 15 is 0 Å². The molecule has 0 saturated heterocycles. The van der Waals surface area contributed by atoms with Gasteiger partial charge in [0.15, 0.2) is 0 Å². The lowest BCUT2D eigenvalue weighted by atomic mass is 9.88. The highest BCUT2D eigenvalue weighted by molar-refractivity contribution is 7.99. The van der Waals surface area contributed by atoms with Crippen molar-refractivity contribution >= 4 is 23.0 Å². The first-order chi connectivity index (χ1) is 15.2. The van der Waals surface area contributed by atoms with Crippen LogP contribution in [0.25, 0.3) is 16.7 Å². The van der Waals surface area contributed by atoms with Crippen molar-refractivity contribution in [2.75, 3.05) is 16.8 Å². The van der Waals surface area contributed by atoms with Gasteiger partial charge in [-0.25, -0.2) is 0 Å². The molecule has 0 spiro atoms. The molecule has 1 heterocycles. The Bertz CT molecular complexity index is 1120. The molecule has 1 aliphatic rings. The zero-order valence-electron chi connectivity index (χ0n) is 18.2. The van der Waals surface area contributed by atoms with Gasteiger partial charge < -0.3 is 5.32 Å². The Morgan fingerprint density at radius 2 is 1.59 bits per heavy atom. The molecule has 0 bridgehead atoms. The van der Waals surface area contributed by atoms with Gasteiger partial charge in [0.2, 0.25) is 0 Å². The normalized spacial score (nSPS) is 15.0. The van der Waals surface area contributed by atoms with Crippen LogP contribution in [0, 0.1) is 0 Å². The second-order valence-corrected chi connectivity index (χ2v) is 9.71. The van der Waals surface area contributed by atoms with Crippen LogP contribution in [0.2, 0.25) is 0 Å². The number of hydrogen-bond donors (Lipinski definition) is 1. The second kappa shape index (κ2) is 9.07. The number of benzene rings is 3. The van der Waals surface area contributed by atoms with Gasteiger partial charge in [0.1, 0.15) is 0 Å². The maximum atomic E-state index is 13.6. The first kappa shape index (κ1) is 22.5. The number of halogens is 3. The van der Waals surface area contributed by atoms with Crippen molar-refractivity contribution in [3.05, 3.63) is 95.6 Å². The summed E-state index contributed by atoms with van der Waals surface area (Å²) in [6, 6.07) is 21.7. The summed E-state index contributed by atoms with van der Waals surface area (Å²) in [5.41, 5.74) is 4.39. The molecule has 1 nitrogen and oxygen atoms in total. The van der Waals surface area contributed by atoms with Gasteiger partial charge in [0.25, 0.3) is 0 Å². The lowest BCUT2D eigenvalue weighted by Gasteiger charge is -2.32. The first-order valence-corrected chi connectivity index (χ1v) is 11.8. The summed E-state index contributed by atoms with van der Waals surface area (Å²) >= 11 is 1.85. The van der Waals surface area contributed by atoms with Gasteiger partial charge in [-0.1, -0.05) is 60.7 Å². The summed E-state index contributed by atoms with van der Waals surface area (Å²) < 4.78 is 40.7. The molecule has 166 valence electrons. The molecule has 0 saturated carbocycles. The Morgan fingerprint density at radius 3 is 2.34 bits per heavy atom. The monoisotopic (exact) mass is 453 g/mol. The number of fused-ring (bicyclic) bond motifs is 1. The minimum absolute atomic E-state index is 0.212. The fourth-order valence-electron chi connectivity index (χ4n) is 4.10. The molecule has 4 rings (SSSR count). The predicted octanol–water partition coefficient (Wildman–Crippen LogP) is 7.94. The van der Waals surface area contributed by atoms with E-state index < -0.39 is 11.7 Å². The van der Waals surface area contributed by atoms with E-state index in [4.69, 9.17) is 0 Å². The third-order valence-corrected chi connectivity index (χ3v) is 6.54. The number of rotatable bonds is 6. The summed E-state index contributed by atoms with van der Waals surface area (Å²) in [4.78, 5) is 0. The van der Waals surface area contributed by atoms with Crippen LogP contribution < -0.4 is 5.32 Å². The number of thioether (sulfide) groups is 1. The summed E-state index contributed by atoms with van der Waals surface area (Å²) in [6.45, 7) is 4.22. The predicted molar refractivity (Wildman–Crippen MR) is 130 cm³/mol. The third kappa shape index (κ3) is 5.21. The van der Waals surface area contributed by atoms with Crippen LogP contribution in [0.5, 0.6) is 0 Å². The minimum Gasteiger partial charge on any atom is -0.376 e. The van der Waals surface area contributed by atoms with Crippen LogP contribution in [-0.4, -0.2) is 17.0 Å². The average Bonchev–Trinajstić information content (AvgIpc) is 2.76. The quantitative estimate of drug-likeness (QED) is 0.380. The van der Waals surface area contributed by atoms with E-state index in [9.17, 15) is 13.2 Å². The molecule has 0 atom stereocenters. The van der Waals surface area contributed by atoms with Crippen molar-refractivity contribution in [2.24, 2.45) is 0 Å². The second-order valence-electron chi connectivity index (χ2n) is 8.61. The fraction of sp³-hybridized carbons (Fsp3) is 0.259. The van der Waals surface area contributed by atoms with E-state index in [1.54, 1.807) is 18.2 Å². The van der Waals surface area contributed by atoms with Crippen molar-refractivity contribution < 1.29 is 13.2 Å². The summed E-state index contributed by atoms with van der Waals surface area (Å²) in [5.74, 6) is 1.80. The Labute approximate surface area is 191 Å². The minimum atomic E-state index is -4.39. The Hall–Kier alpha value is -2.66. The summed E-state index contributed by atoms with van der Waals surface area (Å²) in [6.07, 6.45) is -1.20. The van der Waals surface area contributed by atoms with Crippen molar-refractivity contribution in [1.82, 2.24) is 0 Å². The van der Waals surface area contributed by atoms with Crippen molar-refractivity contribution in [3.63, 3.8) is 0 Å². The molecule has 1 N–H and O–H groups in total. The molecule has 32 heavy (non-hydrogen) atoms. The van der Waals surface area contributed by atoms with Crippen LogP contribution in [0.15, 0.2) is 78.9 Å². The molecule has 3 aromatic rings. The topological polar surface area (TPSA) is 12.0 Å². The van der Waals surface area contributed by atoms with Gasteiger partial charge in [0, 0.05) is 17.0 Å². The highest BCUT2D eigenvalue weighted by Crippen LogP contribution is 2.41. The average molecular weight is 454 g/mol. The molecular formula is C27H26F3NS. The van der Waals surface area contributed by atoms with Crippen LogP contribution >= 0.6 is 11.8 Å². The van der Waals surface area contributed by atoms with Gasteiger partial charge in [-0.15, -0.1) is 0 Å². The number of nitrogens with one attached hydrogen (secondary N) is 1. The molecule has 1 aliphatic heterocycles. The molecule has 0 aromatic heterocycles. The third-order valence-electron chi connectivity index (χ3n) is 5.54. The Kier molecular flexibility index (Phi) is 6.38. The van der Waals surface area contributed by atoms with E-state index in [2.05, 4.69) is 49.5 Å². The van der Waals surface area contributed by atoms with Gasteiger partial charge in [0.05, 0.1) is 11.1 Å². The highest BCUT2D eigenvalue weighted by Gasteiger charge is 2.33. The van der Waals surface area contributed by atoms with E-state index in [0.29, 0.717) is 5.56 Å². The molecule has 0 aliphatic carbocycles. The molecular weight excluding hydrogens is 427 g/mol. The fourth-order valence-corrected chi connectivity index (χ4v) is 5.08. The molecule has 0 fully saturated rings. The van der Waals surface area contributed by atoms with Gasteiger partial charge in [-0.2, -0.15) is 24.9 Å². The standard InChI is InChI=1S/C27H26F3NS/c1-26(2)17-21(18-32-15-14-19-8-4-3-5-9-19)23-16-20(12-13-25(23)31-26)22-10-6-7-11-24(22)27(28,29)30/h3-13,16-17,31H,14-15,18H2,1-2H3. The number of alkyl halides is 3. The molecule has 0 amide bonds. The molecule has 5 heteroatoms. The van der Waals surface area contributed by atoms with Crippen molar-refractivity contribution in [3.8, 4) is 11.1 Å². The van der Waals surface area contributed by atoms with Gasteiger partial charge in [-0.05, 0) is 66.5 Å². The van der Waals surface area contributed by atoms with Crippen molar-refractivity contribution in [1.29, 1.82) is 0 Å². The summed E-state index contributed by atoms with van der Waals surface area (Å²) in [7, 11) is 0. The lowest BCUT2D eigenvalue weighted by molar-refractivity contribution is -0.137. The molecule has 0 unspecified atom stereocenters. The van der Waals surface area contributed by atoms with E-state index in [1.807, 2.05) is 30.0 Å².